The largest absolute Gasteiger partial charge is 0.497 e. The molecule has 13 rings (SSSR count). The monoisotopic (exact) mass is 1570 g/mol. The standard InChI is InChI=1S/C23H19N5O4.C15H13N3O4.C8H8BrFO.C8H6BrFO.C8H7BrN2.C7H4BrFO/c1-13-17-6-3-14(9-19(17)27-26-13)7-8-23(21(30)24-22(31)25-23)12-28-11-15-4-5-16(32-2)10-18(15)20(28)29;1-3-15(13(20)16-14(21)17-15)8-18-7-9-4-5-10(22-2)6-11(9)12(18)19;2*1-5(11)7-3-2-6(9)4-8(7)10;1-5-7-3-2-6(9)4-8(7)11-10-5;8-6-2-1-5(4-10)7(9)3-6/h3-6,9-10H,11-12H2,1-2H3,(H,26,27)(H2,24,25,30,31);1,4-6H,7-8H2,2H3,(H2,16,17,20,21);2-5,11H,1H3;2-4H,1H3;2-4H,1H3,(H,10,11);1-4H/t23-;15-;;;;/m11..../s1. The molecular formula is C69H57Br4F3N10O11. The number of methoxy groups -OCH3 is 2. The van der Waals surface area contributed by atoms with Gasteiger partial charge in [0.25, 0.3) is 23.6 Å². The zero-order chi connectivity index (χ0) is 70.6. The predicted molar refractivity (Wildman–Crippen MR) is 368 cm³/mol. The molecule has 9 aromatic rings. The van der Waals surface area contributed by atoms with E-state index in [-0.39, 0.29) is 47.6 Å². The first-order valence-electron chi connectivity index (χ1n) is 28.9. The van der Waals surface area contributed by atoms with Crippen LogP contribution in [0.3, 0.4) is 0 Å². The highest BCUT2D eigenvalue weighted by Gasteiger charge is 2.49. The molecule has 3 atom stereocenters. The summed E-state index contributed by atoms with van der Waals surface area (Å²) in [6, 6.07) is 34.0. The molecule has 2 saturated heterocycles. The molecule has 28 heteroatoms. The summed E-state index contributed by atoms with van der Waals surface area (Å²) in [7, 11) is 3.05. The number of Topliss-reactive ketones (excluding diaryl/α,β-unsaturated/α-hetero) is 1. The van der Waals surface area contributed by atoms with Crippen molar-refractivity contribution in [2.24, 2.45) is 0 Å². The van der Waals surface area contributed by atoms with Crippen LogP contribution < -0.4 is 30.7 Å². The van der Waals surface area contributed by atoms with Gasteiger partial charge in [-0.05, 0) is 148 Å². The third kappa shape index (κ3) is 17.6. The number of aromatic nitrogens is 4. The summed E-state index contributed by atoms with van der Waals surface area (Å²) in [5, 5.41) is 34.8. The highest BCUT2D eigenvalue weighted by atomic mass is 79.9. The number of amides is 8. The number of imide groups is 2. The van der Waals surface area contributed by atoms with E-state index in [0.29, 0.717) is 66.5 Å². The molecule has 97 heavy (non-hydrogen) atoms. The molecule has 498 valence electrons. The van der Waals surface area contributed by atoms with Crippen LogP contribution in [0.25, 0.3) is 21.8 Å². The lowest BCUT2D eigenvalue weighted by Gasteiger charge is -2.26. The summed E-state index contributed by atoms with van der Waals surface area (Å²) in [6.07, 6.45) is 5.15. The van der Waals surface area contributed by atoms with Crippen LogP contribution in [0.4, 0.5) is 22.8 Å². The Labute approximate surface area is 586 Å². The number of benzene rings is 7. The van der Waals surface area contributed by atoms with Gasteiger partial charge in [0.2, 0.25) is 5.54 Å². The van der Waals surface area contributed by atoms with Crippen molar-refractivity contribution in [3.05, 3.63) is 219 Å². The van der Waals surface area contributed by atoms with Crippen molar-refractivity contribution in [1.82, 2.24) is 51.5 Å². The zero-order valence-corrected chi connectivity index (χ0v) is 58.5. The maximum Gasteiger partial charge on any atom is 0.323 e. The number of nitrogens with zero attached hydrogens (tertiary/aromatic N) is 4. The number of aromatic amines is 2. The summed E-state index contributed by atoms with van der Waals surface area (Å²) in [6.45, 7) is 7.28. The number of fused-ring (bicyclic) bond motifs is 4. The van der Waals surface area contributed by atoms with Crippen molar-refractivity contribution >= 4 is 133 Å². The van der Waals surface area contributed by atoms with Crippen molar-refractivity contribution in [3.8, 4) is 35.7 Å². The minimum Gasteiger partial charge on any atom is -0.497 e. The maximum absolute atomic E-state index is 13.0. The molecule has 0 saturated carbocycles. The van der Waals surface area contributed by atoms with Gasteiger partial charge in [-0.1, -0.05) is 99.7 Å². The van der Waals surface area contributed by atoms with Gasteiger partial charge in [0, 0.05) is 75.4 Å². The Hall–Kier alpha value is -9.97. The highest BCUT2D eigenvalue weighted by Crippen LogP contribution is 2.31. The minimum absolute atomic E-state index is 0.0862. The number of aldehydes is 1. The first-order chi connectivity index (χ1) is 46.1. The number of carbonyl (C=O) groups excluding carboxylic acids is 8. The lowest BCUT2D eigenvalue weighted by molar-refractivity contribution is -0.123. The minimum atomic E-state index is -1.56. The van der Waals surface area contributed by atoms with Crippen molar-refractivity contribution in [3.63, 3.8) is 0 Å². The third-order valence-electron chi connectivity index (χ3n) is 15.1. The molecule has 2 aromatic heterocycles. The van der Waals surface area contributed by atoms with Crippen LogP contribution in [-0.2, 0) is 22.7 Å². The van der Waals surface area contributed by atoms with Gasteiger partial charge in [-0.3, -0.25) is 49.6 Å². The fourth-order valence-corrected chi connectivity index (χ4v) is 11.3. The lowest BCUT2D eigenvalue weighted by atomic mass is 9.99. The highest BCUT2D eigenvalue weighted by molar-refractivity contribution is 9.11. The van der Waals surface area contributed by atoms with Crippen LogP contribution in [0.2, 0.25) is 0 Å². The van der Waals surface area contributed by atoms with E-state index in [2.05, 4.69) is 129 Å². The Morgan fingerprint density at radius 2 is 1.10 bits per heavy atom. The molecule has 0 radical (unpaired) electrons. The van der Waals surface area contributed by atoms with Gasteiger partial charge in [-0.15, -0.1) is 6.42 Å². The summed E-state index contributed by atoms with van der Waals surface area (Å²) in [5.41, 5.74) is 4.59. The molecular weight excluding hydrogens is 1520 g/mol. The van der Waals surface area contributed by atoms with Crippen LogP contribution in [-0.4, -0.2) is 121 Å². The molecule has 1 unspecified atom stereocenters. The average Bonchev–Trinajstić information content (AvgIpc) is 1.63. The number of aryl methyl sites for hydroxylation is 2. The third-order valence-corrected chi connectivity index (χ3v) is 17.0. The Morgan fingerprint density at radius 1 is 0.639 bits per heavy atom. The summed E-state index contributed by atoms with van der Waals surface area (Å²) >= 11 is 12.7. The molecule has 4 aliphatic heterocycles. The van der Waals surface area contributed by atoms with Gasteiger partial charge >= 0.3 is 12.1 Å². The number of ether oxygens (including phenoxy) is 2. The first kappa shape index (κ1) is 72.9. The number of carbonyl (C=O) groups is 8. The summed E-state index contributed by atoms with van der Waals surface area (Å²) in [5.74, 6) is 6.00. The molecule has 7 aromatic carbocycles. The molecule has 0 spiro atoms. The number of rotatable bonds is 9. The summed E-state index contributed by atoms with van der Waals surface area (Å²) in [4.78, 5) is 97.1. The van der Waals surface area contributed by atoms with Crippen molar-refractivity contribution < 1.29 is 66.1 Å². The number of hydrogen-bond acceptors (Lipinski definition) is 13. The van der Waals surface area contributed by atoms with Crippen molar-refractivity contribution in [2.45, 2.75) is 58.0 Å². The Balaban J connectivity index is 0.000000160. The van der Waals surface area contributed by atoms with E-state index < -0.39 is 52.7 Å². The van der Waals surface area contributed by atoms with E-state index in [0.717, 1.165) is 43.4 Å². The number of halogens is 7. The van der Waals surface area contributed by atoms with E-state index in [4.69, 9.17) is 21.0 Å². The number of nitrogens with one attached hydrogen (secondary N) is 6. The quantitative estimate of drug-likeness (QED) is 0.0307. The van der Waals surface area contributed by atoms with Gasteiger partial charge in [-0.25, -0.2) is 22.8 Å². The molecule has 2 fully saturated rings. The smallest absolute Gasteiger partial charge is 0.323 e. The Kier molecular flexibility index (Phi) is 23.8. The zero-order valence-electron chi connectivity index (χ0n) is 52.1. The number of urea groups is 2. The summed E-state index contributed by atoms with van der Waals surface area (Å²) < 4.78 is 51.7. The van der Waals surface area contributed by atoms with Crippen molar-refractivity contribution in [2.75, 3.05) is 27.3 Å². The van der Waals surface area contributed by atoms with E-state index in [1.54, 1.807) is 60.7 Å². The van der Waals surface area contributed by atoms with Crippen LogP contribution in [0.5, 0.6) is 11.5 Å². The number of aliphatic hydroxyl groups excluding tert-OH is 1. The van der Waals surface area contributed by atoms with E-state index >= 15 is 0 Å². The maximum atomic E-state index is 13.0. The van der Waals surface area contributed by atoms with Gasteiger partial charge in [-0.2, -0.15) is 10.2 Å². The molecule has 21 nitrogen and oxygen atoms in total. The SMILES string of the molecule is C#C[C@]1(CN2Cc3ccc(OC)cc3C2=O)NC(=O)NC1=O.CC(=O)c1ccc(Br)cc1F.CC(O)c1ccc(Br)cc1F.COc1ccc2c(c1)C(=O)N(C[C@@]1(C#Cc3ccc4c(C)[nH]nc4c3)NC(=O)NC1=O)C2.Cc1[nH]nc2cc(Br)ccc12.O=Cc1ccc(Br)cc1F. The molecule has 7 N–H and O–H groups in total. The number of ketones is 1. The van der Waals surface area contributed by atoms with E-state index in [1.165, 1.54) is 73.6 Å². The first-order valence-corrected chi connectivity index (χ1v) is 32.0. The normalized spacial score (nSPS) is 16.4. The van der Waals surface area contributed by atoms with Gasteiger partial charge < -0.3 is 35.0 Å². The number of aliphatic hydroxyl groups is 1. The Bertz CT molecular complexity index is 4720. The lowest BCUT2D eigenvalue weighted by Crippen LogP contribution is -2.54. The number of hydrogen-bond donors (Lipinski definition) is 7. The second-order valence-corrected chi connectivity index (χ2v) is 25.4. The molecule has 0 bridgehead atoms. The molecule has 0 aliphatic carbocycles. The molecule has 6 heterocycles. The second kappa shape index (κ2) is 31.7. The second-order valence-electron chi connectivity index (χ2n) is 21.8. The van der Waals surface area contributed by atoms with Gasteiger partial charge in [0.1, 0.15) is 29.0 Å². The number of terminal acetylenes is 1. The van der Waals surface area contributed by atoms with Gasteiger partial charge in [0.15, 0.2) is 17.6 Å². The average molecular weight is 1580 g/mol. The predicted octanol–water partition coefficient (Wildman–Crippen LogP) is 11.8. The molecule has 4 aliphatic rings. The van der Waals surface area contributed by atoms with E-state index in [9.17, 15) is 51.5 Å². The fourth-order valence-electron chi connectivity index (χ4n) is 9.98. The van der Waals surface area contributed by atoms with Crippen molar-refractivity contribution in [1.29, 1.82) is 0 Å². The topological polar surface area (TPSA) is 287 Å². The van der Waals surface area contributed by atoms with Crippen LogP contribution in [0.1, 0.15) is 95.0 Å². The number of H-pyrrole nitrogens is 2. The fraction of sp³-hybridized carbons (Fsp3) is 0.188. The van der Waals surface area contributed by atoms with Crippen LogP contribution in [0.15, 0.2) is 145 Å². The van der Waals surface area contributed by atoms with Crippen LogP contribution in [0, 0.1) is 55.5 Å². The van der Waals surface area contributed by atoms with Crippen LogP contribution >= 0.6 is 63.7 Å². The molecule has 8 amide bonds. The van der Waals surface area contributed by atoms with Gasteiger partial charge in [0.05, 0.1) is 55.6 Å². The Morgan fingerprint density at radius 3 is 1.57 bits per heavy atom. The van der Waals surface area contributed by atoms with E-state index in [1.807, 2.05) is 44.2 Å².